The highest BCUT2D eigenvalue weighted by atomic mass is 16.5. The molecule has 0 saturated heterocycles. The molecule has 1 aromatic heterocycles. The Hall–Kier alpha value is -1.23. The molecule has 0 radical (unpaired) electrons. The van der Waals surface area contributed by atoms with E-state index in [-0.39, 0.29) is 0 Å². The van der Waals surface area contributed by atoms with Crippen LogP contribution in [-0.4, -0.2) is 29.5 Å². The van der Waals surface area contributed by atoms with Gasteiger partial charge in [0.1, 0.15) is 0 Å². The van der Waals surface area contributed by atoms with Gasteiger partial charge in [-0.2, -0.15) is 5.10 Å². The summed E-state index contributed by atoms with van der Waals surface area (Å²) in [5, 5.41) is 7.29. The van der Waals surface area contributed by atoms with Gasteiger partial charge >= 0.3 is 0 Å². The molecule has 0 amide bonds. The van der Waals surface area contributed by atoms with Crippen LogP contribution in [0.4, 0.5) is 11.5 Å². The Morgan fingerprint density at radius 2 is 2.33 bits per heavy atom. The summed E-state index contributed by atoms with van der Waals surface area (Å²) in [6.45, 7) is 6.45. The number of hydrogen-bond donors (Lipinski definition) is 2. The topological polar surface area (TPSA) is 65.1 Å². The summed E-state index contributed by atoms with van der Waals surface area (Å²) >= 11 is 0. The largest absolute Gasteiger partial charge is 0.394 e. The minimum atomic E-state index is 0.574. The molecule has 86 valence electrons. The second-order valence-electron chi connectivity index (χ2n) is 4.00. The van der Waals surface area contributed by atoms with Gasteiger partial charge in [0, 0.05) is 26.4 Å². The second kappa shape index (κ2) is 5.60. The van der Waals surface area contributed by atoms with Gasteiger partial charge in [-0.25, -0.2) is 0 Å². The molecule has 0 spiro atoms. The summed E-state index contributed by atoms with van der Waals surface area (Å²) < 4.78 is 7.11. The zero-order chi connectivity index (χ0) is 11.3. The molecule has 0 bridgehead atoms. The fraction of sp³-hybridized carbons (Fsp3) is 0.700. The van der Waals surface area contributed by atoms with Crippen LogP contribution in [-0.2, 0) is 11.8 Å². The molecule has 0 unspecified atom stereocenters. The fourth-order valence-electron chi connectivity index (χ4n) is 1.20. The minimum absolute atomic E-state index is 0.574. The maximum Gasteiger partial charge on any atom is 0.171 e. The lowest BCUT2D eigenvalue weighted by molar-refractivity contribution is 0.118. The van der Waals surface area contributed by atoms with Gasteiger partial charge in [-0.1, -0.05) is 13.8 Å². The van der Waals surface area contributed by atoms with Gasteiger partial charge in [-0.05, 0) is 5.92 Å². The van der Waals surface area contributed by atoms with Crippen molar-refractivity contribution in [1.82, 2.24) is 9.78 Å². The van der Waals surface area contributed by atoms with E-state index in [9.17, 15) is 0 Å². The third-order valence-corrected chi connectivity index (χ3v) is 1.85. The lowest BCUT2D eigenvalue weighted by atomic mass is 10.2. The quantitative estimate of drug-likeness (QED) is 0.693. The first kappa shape index (κ1) is 11.8. The molecular weight excluding hydrogens is 192 g/mol. The number of hydrogen-bond acceptors (Lipinski definition) is 4. The minimum Gasteiger partial charge on any atom is -0.394 e. The van der Waals surface area contributed by atoms with Crippen molar-refractivity contribution in [2.45, 2.75) is 13.8 Å². The van der Waals surface area contributed by atoms with E-state index in [1.54, 1.807) is 10.9 Å². The van der Waals surface area contributed by atoms with Crippen LogP contribution in [0, 0.1) is 5.92 Å². The van der Waals surface area contributed by atoms with Crippen LogP contribution in [0.2, 0.25) is 0 Å². The summed E-state index contributed by atoms with van der Waals surface area (Å²) in [6, 6.07) is 0. The fourth-order valence-corrected chi connectivity index (χ4v) is 1.20. The molecule has 5 nitrogen and oxygen atoms in total. The number of anilines is 2. The molecule has 0 atom stereocenters. The van der Waals surface area contributed by atoms with Gasteiger partial charge in [-0.15, -0.1) is 0 Å². The van der Waals surface area contributed by atoms with Crippen molar-refractivity contribution in [3.63, 3.8) is 0 Å². The van der Waals surface area contributed by atoms with E-state index in [1.165, 1.54) is 0 Å². The molecule has 0 fully saturated rings. The van der Waals surface area contributed by atoms with Gasteiger partial charge in [0.05, 0.1) is 12.3 Å². The molecular formula is C10H20N4O. The lowest BCUT2D eigenvalue weighted by Crippen LogP contribution is -2.13. The van der Waals surface area contributed by atoms with E-state index in [4.69, 9.17) is 10.5 Å². The summed E-state index contributed by atoms with van der Waals surface area (Å²) in [5.74, 6) is 1.30. The van der Waals surface area contributed by atoms with Crippen molar-refractivity contribution in [3.05, 3.63) is 6.20 Å². The van der Waals surface area contributed by atoms with Crippen molar-refractivity contribution < 1.29 is 4.74 Å². The smallest absolute Gasteiger partial charge is 0.171 e. The maximum atomic E-state index is 5.72. The predicted octanol–water partition coefficient (Wildman–Crippen LogP) is 1.09. The molecule has 0 aromatic carbocycles. The number of aromatic nitrogens is 2. The zero-order valence-corrected chi connectivity index (χ0v) is 9.66. The zero-order valence-electron chi connectivity index (χ0n) is 9.66. The number of rotatable bonds is 6. The molecule has 15 heavy (non-hydrogen) atoms. The van der Waals surface area contributed by atoms with Crippen LogP contribution < -0.4 is 11.1 Å². The molecule has 5 heteroatoms. The molecule has 1 rings (SSSR count). The molecule has 0 saturated carbocycles. The highest BCUT2D eigenvalue weighted by Gasteiger charge is 2.02. The van der Waals surface area contributed by atoms with Crippen molar-refractivity contribution in [2.75, 3.05) is 30.8 Å². The van der Waals surface area contributed by atoms with Crippen LogP contribution in [0.5, 0.6) is 0 Å². The average Bonchev–Trinajstić information content (AvgIpc) is 2.44. The Balaban J connectivity index is 2.17. The highest BCUT2D eigenvalue weighted by molar-refractivity contribution is 5.59. The standard InChI is InChI=1S/C10H20N4O/c1-8(2)7-15-5-4-12-10-9(11)6-14(3)13-10/h6,8H,4-5,7,11H2,1-3H3,(H,12,13). The molecule has 0 aliphatic rings. The van der Waals surface area contributed by atoms with Gasteiger partial charge in [0.25, 0.3) is 0 Å². The Bertz CT molecular complexity index is 296. The summed E-state index contributed by atoms with van der Waals surface area (Å²) in [5.41, 5.74) is 6.39. The van der Waals surface area contributed by atoms with Crippen LogP contribution in [0.25, 0.3) is 0 Å². The number of nitrogen functional groups attached to an aromatic ring is 1. The van der Waals surface area contributed by atoms with Crippen LogP contribution in [0.1, 0.15) is 13.8 Å². The monoisotopic (exact) mass is 212 g/mol. The van der Waals surface area contributed by atoms with E-state index in [0.717, 1.165) is 19.0 Å². The Labute approximate surface area is 90.6 Å². The van der Waals surface area contributed by atoms with E-state index in [0.29, 0.717) is 18.2 Å². The Kier molecular flexibility index (Phi) is 4.42. The van der Waals surface area contributed by atoms with Gasteiger partial charge < -0.3 is 15.8 Å². The van der Waals surface area contributed by atoms with E-state index < -0.39 is 0 Å². The van der Waals surface area contributed by atoms with Crippen molar-refractivity contribution in [2.24, 2.45) is 13.0 Å². The molecule has 1 aromatic rings. The third kappa shape index (κ3) is 4.20. The third-order valence-electron chi connectivity index (χ3n) is 1.85. The van der Waals surface area contributed by atoms with Crippen LogP contribution in [0.3, 0.4) is 0 Å². The van der Waals surface area contributed by atoms with Crippen LogP contribution >= 0.6 is 0 Å². The van der Waals surface area contributed by atoms with Crippen molar-refractivity contribution in [1.29, 1.82) is 0 Å². The first-order valence-corrected chi connectivity index (χ1v) is 5.20. The van der Waals surface area contributed by atoms with Gasteiger partial charge in [-0.3, -0.25) is 4.68 Å². The number of ether oxygens (including phenoxy) is 1. The second-order valence-corrected chi connectivity index (χ2v) is 4.00. The summed E-state index contributed by atoms with van der Waals surface area (Å²) in [4.78, 5) is 0. The summed E-state index contributed by atoms with van der Waals surface area (Å²) in [7, 11) is 1.84. The van der Waals surface area contributed by atoms with Crippen LogP contribution in [0.15, 0.2) is 6.20 Å². The van der Waals surface area contributed by atoms with E-state index in [1.807, 2.05) is 7.05 Å². The van der Waals surface area contributed by atoms with Crippen molar-refractivity contribution in [3.8, 4) is 0 Å². The first-order chi connectivity index (χ1) is 7.09. The Morgan fingerprint density at radius 3 is 2.87 bits per heavy atom. The highest BCUT2D eigenvalue weighted by Crippen LogP contribution is 2.13. The molecule has 0 aliphatic carbocycles. The first-order valence-electron chi connectivity index (χ1n) is 5.20. The summed E-state index contributed by atoms with van der Waals surface area (Å²) in [6.07, 6.45) is 1.78. The molecule has 1 heterocycles. The van der Waals surface area contributed by atoms with Gasteiger partial charge in [0.2, 0.25) is 0 Å². The Morgan fingerprint density at radius 1 is 1.60 bits per heavy atom. The molecule has 0 aliphatic heterocycles. The lowest BCUT2D eigenvalue weighted by Gasteiger charge is -2.07. The van der Waals surface area contributed by atoms with Crippen molar-refractivity contribution >= 4 is 11.5 Å². The predicted molar refractivity (Wildman–Crippen MR) is 61.8 cm³/mol. The molecule has 3 N–H and O–H groups in total. The SMILES string of the molecule is CC(C)COCCNc1nn(C)cc1N. The number of nitrogens with two attached hydrogens (primary N) is 1. The van der Waals surface area contributed by atoms with Gasteiger partial charge in [0.15, 0.2) is 5.82 Å². The average molecular weight is 212 g/mol. The normalized spacial score (nSPS) is 10.9. The van der Waals surface area contributed by atoms with E-state index >= 15 is 0 Å². The number of nitrogens with one attached hydrogen (secondary N) is 1. The number of aryl methyl sites for hydroxylation is 1. The number of nitrogens with zero attached hydrogens (tertiary/aromatic N) is 2. The van der Waals surface area contributed by atoms with E-state index in [2.05, 4.69) is 24.3 Å². The maximum absolute atomic E-state index is 5.72.